The number of esters is 1. The highest BCUT2D eigenvalue weighted by Crippen LogP contribution is 2.23. The Morgan fingerprint density at radius 2 is 1.96 bits per heavy atom. The fourth-order valence-corrected chi connectivity index (χ4v) is 2.93. The molecule has 0 aliphatic rings. The lowest BCUT2D eigenvalue weighted by Gasteiger charge is -2.12. The predicted octanol–water partition coefficient (Wildman–Crippen LogP) is 2.76. The number of hydrogen-bond acceptors (Lipinski definition) is 7. The zero-order valence-electron chi connectivity index (χ0n) is 15.2. The maximum Gasteiger partial charge on any atom is 0.302 e. The molecule has 0 saturated carbocycles. The van der Waals surface area contributed by atoms with Crippen molar-refractivity contribution in [2.45, 2.75) is 19.8 Å². The van der Waals surface area contributed by atoms with E-state index in [0.29, 0.717) is 31.1 Å². The normalized spacial score (nSPS) is 10.3. The molecule has 0 atom stereocenters. The van der Waals surface area contributed by atoms with Crippen LogP contribution in [0.4, 0.5) is 15.8 Å². The maximum absolute atomic E-state index is 12.1. The highest BCUT2D eigenvalue weighted by molar-refractivity contribution is 7.19. The number of rotatable bonds is 9. The zero-order valence-corrected chi connectivity index (χ0v) is 16.1. The molecule has 0 spiro atoms. The van der Waals surface area contributed by atoms with Gasteiger partial charge in [-0.25, -0.2) is 4.98 Å². The number of benzene rings is 1. The Bertz CT molecular complexity index is 728. The number of hydrogen-bond donors (Lipinski definition) is 2. The molecule has 140 valence electrons. The van der Waals surface area contributed by atoms with Crippen LogP contribution in [0.3, 0.4) is 0 Å². The van der Waals surface area contributed by atoms with Crippen LogP contribution in [0.5, 0.6) is 0 Å². The first-order chi connectivity index (χ1) is 12.4. The van der Waals surface area contributed by atoms with E-state index in [0.717, 1.165) is 16.3 Å². The van der Waals surface area contributed by atoms with Crippen molar-refractivity contribution in [1.82, 2.24) is 4.98 Å². The first-order valence-electron chi connectivity index (χ1n) is 8.33. The summed E-state index contributed by atoms with van der Waals surface area (Å²) in [6, 6.07) is 7.88. The van der Waals surface area contributed by atoms with Gasteiger partial charge in [0.15, 0.2) is 5.13 Å². The van der Waals surface area contributed by atoms with Crippen LogP contribution in [0.1, 0.15) is 18.9 Å². The lowest BCUT2D eigenvalue weighted by molar-refractivity contribution is -0.140. The molecular weight excluding hydrogens is 352 g/mol. The van der Waals surface area contributed by atoms with Crippen LogP contribution in [-0.2, 0) is 20.7 Å². The molecule has 2 rings (SSSR count). The molecule has 26 heavy (non-hydrogen) atoms. The number of anilines is 3. The van der Waals surface area contributed by atoms with Gasteiger partial charge in [-0.3, -0.25) is 9.59 Å². The van der Waals surface area contributed by atoms with Crippen LogP contribution < -0.4 is 15.5 Å². The van der Waals surface area contributed by atoms with Gasteiger partial charge in [0, 0.05) is 33.3 Å². The van der Waals surface area contributed by atoms with Crippen LogP contribution in [0, 0.1) is 0 Å². The second-order valence-corrected chi connectivity index (χ2v) is 6.97. The average molecular weight is 376 g/mol. The second-order valence-electron chi connectivity index (χ2n) is 5.94. The minimum absolute atomic E-state index is 0.0987. The monoisotopic (exact) mass is 376 g/mol. The second kappa shape index (κ2) is 9.76. The lowest BCUT2D eigenvalue weighted by Crippen LogP contribution is -2.14. The van der Waals surface area contributed by atoms with Gasteiger partial charge in [-0.1, -0.05) is 23.5 Å². The lowest BCUT2D eigenvalue weighted by atomic mass is 10.1. The molecule has 0 aliphatic heterocycles. The van der Waals surface area contributed by atoms with E-state index < -0.39 is 0 Å². The van der Waals surface area contributed by atoms with Crippen LogP contribution in [0.25, 0.3) is 0 Å². The molecule has 1 aromatic heterocycles. The Hall–Kier alpha value is -2.61. The van der Waals surface area contributed by atoms with Crippen molar-refractivity contribution >= 4 is 39.0 Å². The molecule has 0 fully saturated rings. The predicted molar refractivity (Wildman–Crippen MR) is 105 cm³/mol. The van der Waals surface area contributed by atoms with Gasteiger partial charge in [0.1, 0.15) is 5.00 Å². The van der Waals surface area contributed by atoms with Gasteiger partial charge >= 0.3 is 5.97 Å². The maximum atomic E-state index is 12.1. The zero-order chi connectivity index (χ0) is 18.9. The summed E-state index contributed by atoms with van der Waals surface area (Å²) in [7, 11) is 3.96. The van der Waals surface area contributed by atoms with Crippen LogP contribution in [0.2, 0.25) is 0 Å². The van der Waals surface area contributed by atoms with Gasteiger partial charge < -0.3 is 20.3 Å². The van der Waals surface area contributed by atoms with E-state index >= 15 is 0 Å². The van der Waals surface area contributed by atoms with Crippen molar-refractivity contribution in [3.05, 3.63) is 36.0 Å². The fourth-order valence-electron chi connectivity index (χ4n) is 2.17. The van der Waals surface area contributed by atoms with Crippen LogP contribution in [-0.4, -0.2) is 44.1 Å². The van der Waals surface area contributed by atoms with Gasteiger partial charge in [0.05, 0.1) is 19.2 Å². The third kappa shape index (κ3) is 6.72. The molecule has 7 nitrogen and oxygen atoms in total. The van der Waals surface area contributed by atoms with Crippen molar-refractivity contribution in [2.75, 3.05) is 42.8 Å². The van der Waals surface area contributed by atoms with Crippen molar-refractivity contribution in [1.29, 1.82) is 0 Å². The molecule has 1 amide bonds. The number of nitrogens with zero attached hydrogens (tertiary/aromatic N) is 2. The molecule has 0 bridgehead atoms. The molecule has 2 aromatic rings. The third-order valence-corrected chi connectivity index (χ3v) is 4.37. The summed E-state index contributed by atoms with van der Waals surface area (Å²) in [6.45, 7) is 2.45. The van der Waals surface area contributed by atoms with E-state index in [9.17, 15) is 9.59 Å². The quantitative estimate of drug-likeness (QED) is 0.517. The number of thiazole rings is 1. The number of aromatic nitrogens is 1. The first kappa shape index (κ1) is 19.7. The Morgan fingerprint density at radius 3 is 2.62 bits per heavy atom. The van der Waals surface area contributed by atoms with E-state index in [4.69, 9.17) is 4.74 Å². The number of carbonyl (C=O) groups excluding carboxylic acids is 2. The van der Waals surface area contributed by atoms with Crippen molar-refractivity contribution in [3.63, 3.8) is 0 Å². The standard InChI is InChI=1S/C18H24N4O3S/c1-13(23)25-10-4-9-19-17-12-20-18(26-17)21-16(24)11-14-5-7-15(8-6-14)22(2)3/h5-8,12,19H,4,9-11H2,1-3H3,(H,20,21,24). The van der Waals surface area contributed by atoms with E-state index in [2.05, 4.69) is 15.6 Å². The molecule has 2 N–H and O–H groups in total. The molecule has 0 unspecified atom stereocenters. The molecular formula is C18H24N4O3S. The highest BCUT2D eigenvalue weighted by Gasteiger charge is 2.08. The van der Waals surface area contributed by atoms with Crippen LogP contribution in [0.15, 0.2) is 30.5 Å². The Morgan fingerprint density at radius 1 is 1.23 bits per heavy atom. The van der Waals surface area contributed by atoms with Crippen molar-refractivity contribution in [3.8, 4) is 0 Å². The molecule has 1 heterocycles. The van der Waals surface area contributed by atoms with Crippen LogP contribution >= 0.6 is 11.3 Å². The number of nitrogens with one attached hydrogen (secondary N) is 2. The smallest absolute Gasteiger partial charge is 0.302 e. The van der Waals surface area contributed by atoms with Gasteiger partial charge in [0.25, 0.3) is 0 Å². The molecule has 8 heteroatoms. The first-order valence-corrected chi connectivity index (χ1v) is 9.15. The molecule has 0 radical (unpaired) electrons. The summed E-state index contributed by atoms with van der Waals surface area (Å²) in [4.78, 5) is 29.0. The fraction of sp³-hybridized carbons (Fsp3) is 0.389. The average Bonchev–Trinajstić information content (AvgIpc) is 3.02. The largest absolute Gasteiger partial charge is 0.466 e. The molecule has 1 aromatic carbocycles. The van der Waals surface area contributed by atoms with E-state index in [1.165, 1.54) is 18.3 Å². The summed E-state index contributed by atoms with van der Waals surface area (Å²) in [5.74, 6) is -0.373. The highest BCUT2D eigenvalue weighted by atomic mass is 32.1. The Kier molecular flexibility index (Phi) is 7.40. The van der Waals surface area contributed by atoms with E-state index in [1.807, 2.05) is 43.3 Å². The van der Waals surface area contributed by atoms with Gasteiger partial charge in [-0.2, -0.15) is 0 Å². The minimum atomic E-state index is -0.274. The van der Waals surface area contributed by atoms with E-state index in [-0.39, 0.29) is 11.9 Å². The number of amides is 1. The van der Waals surface area contributed by atoms with Gasteiger partial charge in [0.2, 0.25) is 5.91 Å². The minimum Gasteiger partial charge on any atom is -0.466 e. The summed E-state index contributed by atoms with van der Waals surface area (Å²) < 4.78 is 4.86. The third-order valence-electron chi connectivity index (χ3n) is 3.50. The SMILES string of the molecule is CC(=O)OCCCNc1cnc(NC(=O)Cc2ccc(N(C)C)cc2)s1. The molecule has 0 aliphatic carbocycles. The van der Waals surface area contributed by atoms with E-state index in [1.54, 1.807) is 6.20 Å². The topological polar surface area (TPSA) is 83.6 Å². The number of carbonyl (C=O) groups is 2. The summed E-state index contributed by atoms with van der Waals surface area (Å²) >= 11 is 1.37. The van der Waals surface area contributed by atoms with Gasteiger partial charge in [-0.05, 0) is 24.1 Å². The summed E-state index contributed by atoms with van der Waals surface area (Å²) in [5.41, 5.74) is 2.05. The van der Waals surface area contributed by atoms with Crippen molar-refractivity contribution < 1.29 is 14.3 Å². The van der Waals surface area contributed by atoms with Crippen molar-refractivity contribution in [2.24, 2.45) is 0 Å². The summed E-state index contributed by atoms with van der Waals surface area (Å²) in [5, 5.41) is 7.42. The van der Waals surface area contributed by atoms with Gasteiger partial charge in [-0.15, -0.1) is 0 Å². The summed E-state index contributed by atoms with van der Waals surface area (Å²) in [6.07, 6.45) is 2.69. The Labute approximate surface area is 157 Å². The Balaban J connectivity index is 1.75. The number of ether oxygens (including phenoxy) is 1. The molecule has 0 saturated heterocycles.